The van der Waals surface area contributed by atoms with Crippen molar-refractivity contribution < 1.29 is 18.7 Å². The highest BCUT2D eigenvalue weighted by molar-refractivity contribution is 9.10. The van der Waals surface area contributed by atoms with E-state index in [-0.39, 0.29) is 18.7 Å². The number of piperazine rings is 1. The lowest BCUT2D eigenvalue weighted by molar-refractivity contribution is -0.139. The molecule has 0 bridgehead atoms. The van der Waals surface area contributed by atoms with E-state index >= 15 is 0 Å². The number of nitrogens with zero attached hydrogens (tertiary/aromatic N) is 4. The van der Waals surface area contributed by atoms with Crippen molar-refractivity contribution in [2.24, 2.45) is 4.99 Å². The number of hydrogen-bond acceptors (Lipinski definition) is 8. The summed E-state index contributed by atoms with van der Waals surface area (Å²) >= 11 is 4.88. The summed E-state index contributed by atoms with van der Waals surface area (Å²) in [6.45, 7) is 4.96. The molecule has 35 heavy (non-hydrogen) atoms. The maximum Gasteiger partial charge on any atom is 0.338 e. The number of esters is 1. The number of rotatable bonds is 6. The van der Waals surface area contributed by atoms with Crippen molar-refractivity contribution in [2.45, 2.75) is 19.0 Å². The van der Waals surface area contributed by atoms with Crippen LogP contribution < -0.4 is 10.6 Å². The largest absolute Gasteiger partial charge is 0.463 e. The summed E-state index contributed by atoms with van der Waals surface area (Å²) in [6, 6.07) is 3.69. The molecule has 0 aliphatic carbocycles. The van der Waals surface area contributed by atoms with Gasteiger partial charge >= 0.3 is 12.0 Å². The second-order valence-corrected chi connectivity index (χ2v) is 10.1. The smallest absolute Gasteiger partial charge is 0.338 e. The zero-order valence-electron chi connectivity index (χ0n) is 19.0. The SMILES string of the molecule is CCOC(=O)C1=C(CN2CCN3C(=O)NCC3C2)NC(c2nccs2)=N[C@H]1c1ccc(F)cc1Br. The fourth-order valence-corrected chi connectivity index (χ4v) is 5.76. The number of ether oxygens (including phenoxy) is 1. The molecule has 0 saturated carbocycles. The van der Waals surface area contributed by atoms with Crippen molar-refractivity contribution in [3.63, 3.8) is 0 Å². The van der Waals surface area contributed by atoms with E-state index in [0.29, 0.717) is 64.9 Å². The number of benzene rings is 1. The highest BCUT2D eigenvalue weighted by Crippen LogP contribution is 2.37. The topological polar surface area (TPSA) is 99.2 Å². The number of halogens is 2. The molecule has 184 valence electrons. The van der Waals surface area contributed by atoms with E-state index in [2.05, 4.69) is 36.4 Å². The summed E-state index contributed by atoms with van der Waals surface area (Å²) in [4.78, 5) is 38.6. The van der Waals surface area contributed by atoms with E-state index in [1.807, 2.05) is 10.3 Å². The maximum atomic E-state index is 13.9. The third kappa shape index (κ3) is 4.82. The normalized spacial score (nSPS) is 22.4. The fraction of sp³-hybridized carbons (Fsp3) is 0.391. The molecule has 2 aromatic rings. The van der Waals surface area contributed by atoms with Crippen LogP contribution in [0.15, 0.2) is 50.5 Å². The lowest BCUT2D eigenvalue weighted by atomic mass is 9.95. The molecule has 4 heterocycles. The second-order valence-electron chi connectivity index (χ2n) is 8.39. The minimum absolute atomic E-state index is 0.0312. The van der Waals surface area contributed by atoms with E-state index in [9.17, 15) is 14.0 Å². The van der Waals surface area contributed by atoms with Gasteiger partial charge in [0, 0.05) is 54.5 Å². The molecule has 12 heteroatoms. The Morgan fingerprint density at radius 3 is 2.97 bits per heavy atom. The van der Waals surface area contributed by atoms with E-state index in [1.54, 1.807) is 19.2 Å². The number of nitrogens with one attached hydrogen (secondary N) is 2. The third-order valence-electron chi connectivity index (χ3n) is 6.21. The van der Waals surface area contributed by atoms with Crippen molar-refractivity contribution in [1.82, 2.24) is 25.4 Å². The molecule has 2 N–H and O–H groups in total. The Labute approximate surface area is 214 Å². The number of aromatic nitrogens is 1. The molecular formula is C23H24BrFN6O3S. The van der Waals surface area contributed by atoms with Gasteiger partial charge in [0.25, 0.3) is 0 Å². The van der Waals surface area contributed by atoms with Crippen LogP contribution in [0, 0.1) is 5.82 Å². The van der Waals surface area contributed by atoms with Crippen LogP contribution in [0.4, 0.5) is 9.18 Å². The van der Waals surface area contributed by atoms with Gasteiger partial charge in [-0.05, 0) is 24.6 Å². The maximum absolute atomic E-state index is 13.9. The Kier molecular flexibility index (Phi) is 6.85. The quantitative estimate of drug-likeness (QED) is 0.525. The summed E-state index contributed by atoms with van der Waals surface area (Å²) in [5.41, 5.74) is 1.69. The van der Waals surface area contributed by atoms with Crippen molar-refractivity contribution in [3.8, 4) is 0 Å². The zero-order chi connectivity index (χ0) is 24.5. The molecule has 2 saturated heterocycles. The molecule has 1 aromatic heterocycles. The molecule has 5 rings (SSSR count). The summed E-state index contributed by atoms with van der Waals surface area (Å²) < 4.78 is 19.8. The third-order valence-corrected chi connectivity index (χ3v) is 7.68. The van der Waals surface area contributed by atoms with Crippen LogP contribution >= 0.6 is 27.3 Å². The summed E-state index contributed by atoms with van der Waals surface area (Å²) in [5.74, 6) is -0.326. The first kappa shape index (κ1) is 23.9. The van der Waals surface area contributed by atoms with E-state index < -0.39 is 17.8 Å². The second kappa shape index (κ2) is 10.0. The monoisotopic (exact) mass is 562 g/mol. The minimum atomic E-state index is -0.713. The Morgan fingerprint density at radius 2 is 2.23 bits per heavy atom. The standard InChI is InChI=1S/C23H24BrFN6O3S/c1-2-34-22(32)18-17(12-30-6-7-31-14(11-30)10-27-23(31)33)28-20(21-26-5-8-35-21)29-19(18)15-4-3-13(25)9-16(15)24/h3-5,8-9,14,19H,2,6-7,10-12H2,1H3,(H,27,33)(H,28,29)/t14?,19-/m0/s1. The van der Waals surface area contributed by atoms with Gasteiger partial charge in [-0.1, -0.05) is 22.0 Å². The highest BCUT2D eigenvalue weighted by Gasteiger charge is 2.38. The summed E-state index contributed by atoms with van der Waals surface area (Å²) in [6.07, 6.45) is 1.70. The first-order valence-electron chi connectivity index (χ1n) is 11.3. The number of thiazole rings is 1. The fourth-order valence-electron chi connectivity index (χ4n) is 4.60. The first-order chi connectivity index (χ1) is 16.9. The van der Waals surface area contributed by atoms with Crippen LogP contribution in [0.1, 0.15) is 23.5 Å². The molecule has 3 aliphatic rings. The van der Waals surface area contributed by atoms with Crippen molar-refractivity contribution >= 4 is 45.1 Å². The molecule has 0 radical (unpaired) electrons. The number of carbonyl (C=O) groups is 2. The van der Waals surface area contributed by atoms with Gasteiger partial charge in [0.15, 0.2) is 10.8 Å². The van der Waals surface area contributed by atoms with E-state index in [4.69, 9.17) is 9.73 Å². The van der Waals surface area contributed by atoms with Gasteiger partial charge in [-0.25, -0.2) is 19.0 Å². The van der Waals surface area contributed by atoms with Gasteiger partial charge in [0.1, 0.15) is 11.9 Å². The van der Waals surface area contributed by atoms with Crippen LogP contribution in [-0.4, -0.2) is 78.0 Å². The van der Waals surface area contributed by atoms with Crippen LogP contribution in [0.3, 0.4) is 0 Å². The molecule has 1 unspecified atom stereocenters. The number of urea groups is 1. The van der Waals surface area contributed by atoms with Gasteiger partial charge in [0.2, 0.25) is 0 Å². The first-order valence-corrected chi connectivity index (χ1v) is 13.0. The van der Waals surface area contributed by atoms with Crippen molar-refractivity contribution in [2.75, 3.05) is 39.3 Å². The van der Waals surface area contributed by atoms with Crippen LogP contribution in [0.2, 0.25) is 0 Å². The lowest BCUT2D eigenvalue weighted by Gasteiger charge is -2.38. The zero-order valence-corrected chi connectivity index (χ0v) is 21.4. The Hall–Kier alpha value is -2.83. The van der Waals surface area contributed by atoms with Gasteiger partial charge in [-0.3, -0.25) is 9.89 Å². The predicted molar refractivity (Wildman–Crippen MR) is 133 cm³/mol. The van der Waals surface area contributed by atoms with Gasteiger partial charge in [-0.2, -0.15) is 0 Å². The number of aliphatic imine (C=N–C) groups is 1. The average Bonchev–Trinajstić information content (AvgIpc) is 3.49. The van der Waals surface area contributed by atoms with Crippen LogP contribution in [-0.2, 0) is 9.53 Å². The predicted octanol–water partition coefficient (Wildman–Crippen LogP) is 2.66. The van der Waals surface area contributed by atoms with Crippen LogP contribution in [0.5, 0.6) is 0 Å². The minimum Gasteiger partial charge on any atom is -0.463 e. The van der Waals surface area contributed by atoms with Crippen molar-refractivity contribution in [1.29, 1.82) is 0 Å². The van der Waals surface area contributed by atoms with Crippen molar-refractivity contribution in [3.05, 3.63) is 61.9 Å². The molecule has 0 spiro atoms. The Bertz CT molecular complexity index is 1200. The van der Waals surface area contributed by atoms with E-state index in [0.717, 1.165) is 0 Å². The summed E-state index contributed by atoms with van der Waals surface area (Å²) in [5, 5.41) is 8.77. The Morgan fingerprint density at radius 1 is 1.37 bits per heavy atom. The molecule has 3 aliphatic heterocycles. The van der Waals surface area contributed by atoms with Crippen LogP contribution in [0.25, 0.3) is 0 Å². The number of amides is 2. The highest BCUT2D eigenvalue weighted by atomic mass is 79.9. The molecule has 2 amide bonds. The molecule has 9 nitrogen and oxygen atoms in total. The summed E-state index contributed by atoms with van der Waals surface area (Å²) in [7, 11) is 0. The van der Waals surface area contributed by atoms with E-state index in [1.165, 1.54) is 23.5 Å². The number of amidine groups is 1. The molecule has 1 aromatic carbocycles. The number of hydrogen-bond donors (Lipinski definition) is 2. The molecule has 2 atom stereocenters. The average molecular weight is 563 g/mol. The lowest BCUT2D eigenvalue weighted by Crippen LogP contribution is -2.53. The van der Waals surface area contributed by atoms with Gasteiger partial charge in [-0.15, -0.1) is 11.3 Å². The van der Waals surface area contributed by atoms with Gasteiger partial charge < -0.3 is 20.3 Å². The molecule has 2 fully saturated rings. The molecular weight excluding hydrogens is 539 g/mol. The van der Waals surface area contributed by atoms with Gasteiger partial charge in [0.05, 0.1) is 18.2 Å². The number of fused-ring (bicyclic) bond motifs is 1. The number of carbonyl (C=O) groups excluding carboxylic acids is 2. The Balaban J connectivity index is 1.54.